The first-order valence-corrected chi connectivity index (χ1v) is 9.77. The van der Waals surface area contributed by atoms with E-state index in [0.717, 1.165) is 25.9 Å². The Kier molecular flexibility index (Phi) is 4.05. The summed E-state index contributed by atoms with van der Waals surface area (Å²) in [5.74, 6) is -0.0178. The van der Waals surface area contributed by atoms with Crippen LogP contribution in [0.2, 0.25) is 0 Å². The number of hydrogen-bond donors (Lipinski definition) is 1. The van der Waals surface area contributed by atoms with E-state index in [4.69, 9.17) is 0 Å². The molecule has 3 aromatic rings. The topological polar surface area (TPSA) is 73.7 Å². The summed E-state index contributed by atoms with van der Waals surface area (Å²) in [5, 5.41) is 2.70. The van der Waals surface area contributed by atoms with Crippen molar-refractivity contribution in [2.75, 3.05) is 26.2 Å². The van der Waals surface area contributed by atoms with Crippen molar-refractivity contribution in [1.82, 2.24) is 24.4 Å². The standard InChI is InChI=1S/C21H23N5O2/c1-14-18(13-22-19-12-20(27)23-26(14)19)21(28)25-8-6-24(7-9-25)17-10-15-4-2-3-5-16(15)11-17/h2-5,12-13,17H,6-11H2,1H3,(H,23,27). The first-order valence-electron chi connectivity index (χ1n) is 9.77. The van der Waals surface area contributed by atoms with Crippen LogP contribution < -0.4 is 5.56 Å². The molecular formula is C21H23N5O2. The van der Waals surface area contributed by atoms with Crippen molar-refractivity contribution in [1.29, 1.82) is 0 Å². The van der Waals surface area contributed by atoms with Crippen molar-refractivity contribution in [3.05, 3.63) is 69.3 Å². The number of piperazine rings is 1. The molecule has 3 heterocycles. The summed E-state index contributed by atoms with van der Waals surface area (Å²) in [6.07, 6.45) is 3.79. The molecule has 0 radical (unpaired) electrons. The normalized spacial score (nSPS) is 18.0. The van der Waals surface area contributed by atoms with Gasteiger partial charge in [-0.1, -0.05) is 24.3 Å². The minimum Gasteiger partial charge on any atom is -0.336 e. The number of fused-ring (bicyclic) bond motifs is 2. The van der Waals surface area contributed by atoms with E-state index < -0.39 is 0 Å². The zero-order valence-electron chi connectivity index (χ0n) is 15.9. The van der Waals surface area contributed by atoms with Gasteiger partial charge in [-0.05, 0) is 30.9 Å². The molecule has 1 aliphatic carbocycles. The van der Waals surface area contributed by atoms with Gasteiger partial charge in [-0.2, -0.15) is 0 Å². The summed E-state index contributed by atoms with van der Waals surface area (Å²) in [5.41, 5.74) is 4.49. The number of hydrogen-bond acceptors (Lipinski definition) is 4. The van der Waals surface area contributed by atoms with Gasteiger partial charge in [0.1, 0.15) is 0 Å². The highest BCUT2D eigenvalue weighted by molar-refractivity contribution is 5.95. The summed E-state index contributed by atoms with van der Waals surface area (Å²) in [6.45, 7) is 5.04. The van der Waals surface area contributed by atoms with Crippen LogP contribution in [0.3, 0.4) is 0 Å². The van der Waals surface area contributed by atoms with E-state index >= 15 is 0 Å². The zero-order valence-corrected chi connectivity index (χ0v) is 15.9. The average molecular weight is 377 g/mol. The molecule has 7 heteroatoms. The maximum absolute atomic E-state index is 13.0. The Morgan fingerprint density at radius 2 is 1.79 bits per heavy atom. The van der Waals surface area contributed by atoms with Crippen molar-refractivity contribution in [2.45, 2.75) is 25.8 Å². The number of nitrogens with zero attached hydrogens (tertiary/aromatic N) is 4. The van der Waals surface area contributed by atoms with Crippen molar-refractivity contribution < 1.29 is 4.79 Å². The van der Waals surface area contributed by atoms with Gasteiger partial charge in [-0.15, -0.1) is 0 Å². The molecular weight excluding hydrogens is 354 g/mol. The first-order chi connectivity index (χ1) is 13.6. The molecule has 1 N–H and O–H groups in total. The molecule has 1 saturated heterocycles. The molecule has 1 aromatic carbocycles. The molecule has 2 aliphatic rings. The summed E-state index contributed by atoms with van der Waals surface area (Å²) in [4.78, 5) is 33.3. The number of amides is 1. The van der Waals surface area contributed by atoms with E-state index in [1.165, 1.54) is 17.2 Å². The Bertz CT molecular complexity index is 1080. The molecule has 0 atom stereocenters. The minimum atomic E-state index is -0.216. The fourth-order valence-corrected chi connectivity index (χ4v) is 4.54. The minimum absolute atomic E-state index is 0.0178. The Hall–Kier alpha value is -2.93. The summed E-state index contributed by atoms with van der Waals surface area (Å²) >= 11 is 0. The molecule has 0 unspecified atom stereocenters. The third-order valence-electron chi connectivity index (χ3n) is 6.14. The Morgan fingerprint density at radius 3 is 2.46 bits per heavy atom. The summed E-state index contributed by atoms with van der Waals surface area (Å²) < 4.78 is 1.58. The highest BCUT2D eigenvalue weighted by atomic mass is 16.2. The van der Waals surface area contributed by atoms with Gasteiger partial charge in [0.2, 0.25) is 0 Å². The van der Waals surface area contributed by atoms with E-state index in [2.05, 4.69) is 39.2 Å². The molecule has 1 fully saturated rings. The predicted molar refractivity (Wildman–Crippen MR) is 106 cm³/mol. The Balaban J connectivity index is 1.28. The molecule has 7 nitrogen and oxygen atoms in total. The predicted octanol–water partition coefficient (Wildman–Crippen LogP) is 1.26. The van der Waals surface area contributed by atoms with E-state index in [0.29, 0.717) is 36.0 Å². The van der Waals surface area contributed by atoms with Crippen LogP contribution in [0.4, 0.5) is 0 Å². The van der Waals surface area contributed by atoms with Gasteiger partial charge in [-0.25, -0.2) is 9.50 Å². The summed E-state index contributed by atoms with van der Waals surface area (Å²) in [6, 6.07) is 10.7. The number of rotatable bonds is 2. The van der Waals surface area contributed by atoms with Crippen LogP contribution in [0.15, 0.2) is 41.3 Å². The fraction of sp³-hybridized carbons (Fsp3) is 0.381. The lowest BCUT2D eigenvalue weighted by Crippen LogP contribution is -2.52. The van der Waals surface area contributed by atoms with Gasteiger partial charge in [0.15, 0.2) is 5.65 Å². The molecule has 0 spiro atoms. The second kappa shape index (κ2) is 6.60. The monoisotopic (exact) mass is 377 g/mol. The van der Waals surface area contributed by atoms with E-state index in [-0.39, 0.29) is 11.5 Å². The van der Waals surface area contributed by atoms with Gasteiger partial charge in [-0.3, -0.25) is 19.6 Å². The Labute approximate surface area is 162 Å². The number of benzene rings is 1. The van der Waals surface area contributed by atoms with Crippen LogP contribution in [-0.4, -0.2) is 62.5 Å². The SMILES string of the molecule is Cc1c(C(=O)N2CCN(C3Cc4ccccc4C3)CC2)cnc2cc(=O)[nH]n12. The van der Waals surface area contributed by atoms with Gasteiger partial charge in [0, 0.05) is 44.5 Å². The third-order valence-corrected chi connectivity index (χ3v) is 6.14. The van der Waals surface area contributed by atoms with Gasteiger partial charge in [0.05, 0.1) is 11.3 Å². The molecule has 2 aromatic heterocycles. The van der Waals surface area contributed by atoms with Crippen LogP contribution in [0, 0.1) is 6.92 Å². The lowest BCUT2D eigenvalue weighted by atomic mass is 10.1. The number of aromatic amines is 1. The molecule has 0 bridgehead atoms. The maximum Gasteiger partial charge on any atom is 0.266 e. The maximum atomic E-state index is 13.0. The number of nitrogens with one attached hydrogen (secondary N) is 1. The highest BCUT2D eigenvalue weighted by Gasteiger charge is 2.31. The molecule has 1 amide bonds. The number of aryl methyl sites for hydroxylation is 1. The van der Waals surface area contributed by atoms with Gasteiger partial charge < -0.3 is 4.90 Å². The lowest BCUT2D eigenvalue weighted by Gasteiger charge is -2.38. The second-order valence-corrected chi connectivity index (χ2v) is 7.73. The fourth-order valence-electron chi connectivity index (χ4n) is 4.54. The Morgan fingerprint density at radius 1 is 1.11 bits per heavy atom. The number of carbonyl (C=O) groups is 1. The third kappa shape index (κ3) is 2.82. The van der Waals surface area contributed by atoms with Crippen LogP contribution >= 0.6 is 0 Å². The lowest BCUT2D eigenvalue weighted by molar-refractivity contribution is 0.0574. The van der Waals surface area contributed by atoms with Gasteiger partial charge >= 0.3 is 0 Å². The van der Waals surface area contributed by atoms with Crippen molar-refractivity contribution in [2.24, 2.45) is 0 Å². The number of aromatic nitrogens is 3. The second-order valence-electron chi connectivity index (χ2n) is 7.73. The zero-order chi connectivity index (χ0) is 19.3. The number of H-pyrrole nitrogens is 1. The van der Waals surface area contributed by atoms with Crippen LogP contribution in [-0.2, 0) is 12.8 Å². The quantitative estimate of drug-likeness (QED) is 0.730. The molecule has 144 valence electrons. The van der Waals surface area contributed by atoms with Crippen LogP contribution in [0.5, 0.6) is 0 Å². The highest BCUT2D eigenvalue weighted by Crippen LogP contribution is 2.26. The largest absolute Gasteiger partial charge is 0.336 e. The number of carbonyl (C=O) groups excluding carboxylic acids is 1. The van der Waals surface area contributed by atoms with Crippen LogP contribution in [0.1, 0.15) is 27.2 Å². The van der Waals surface area contributed by atoms with Gasteiger partial charge in [0.25, 0.3) is 11.5 Å². The average Bonchev–Trinajstić information content (AvgIpc) is 3.31. The van der Waals surface area contributed by atoms with Crippen molar-refractivity contribution in [3.63, 3.8) is 0 Å². The van der Waals surface area contributed by atoms with Crippen molar-refractivity contribution in [3.8, 4) is 0 Å². The smallest absolute Gasteiger partial charge is 0.266 e. The molecule has 1 aliphatic heterocycles. The molecule has 5 rings (SSSR count). The van der Waals surface area contributed by atoms with Crippen LogP contribution in [0.25, 0.3) is 5.65 Å². The molecule has 0 saturated carbocycles. The van der Waals surface area contributed by atoms with E-state index in [1.807, 2.05) is 11.8 Å². The van der Waals surface area contributed by atoms with E-state index in [1.54, 1.807) is 10.7 Å². The summed E-state index contributed by atoms with van der Waals surface area (Å²) in [7, 11) is 0. The molecule has 28 heavy (non-hydrogen) atoms. The van der Waals surface area contributed by atoms with E-state index in [9.17, 15) is 9.59 Å². The van der Waals surface area contributed by atoms with Crippen molar-refractivity contribution >= 4 is 11.6 Å². The first kappa shape index (κ1) is 17.2.